The summed E-state index contributed by atoms with van der Waals surface area (Å²) in [6.07, 6.45) is 0.533. The van der Waals surface area contributed by atoms with Gasteiger partial charge in [0.25, 0.3) is 0 Å². The van der Waals surface area contributed by atoms with Crippen LogP contribution in [-0.4, -0.2) is 12.5 Å². The van der Waals surface area contributed by atoms with Crippen molar-refractivity contribution in [2.45, 2.75) is 6.42 Å². The van der Waals surface area contributed by atoms with Gasteiger partial charge in [-0.25, -0.2) is 0 Å². The highest BCUT2D eigenvalue weighted by atomic mass is 35.5. The largest absolute Gasteiger partial charge is 0.284 e. The minimum absolute atomic E-state index is 0.0416. The van der Waals surface area contributed by atoms with Crippen molar-refractivity contribution in [1.82, 2.24) is 5.43 Å². The van der Waals surface area contributed by atoms with Crippen molar-refractivity contribution < 1.29 is 4.79 Å². The molecule has 1 aromatic rings. The normalized spacial score (nSPS) is 16.1. The molecule has 0 aromatic heterocycles. The van der Waals surface area contributed by atoms with Gasteiger partial charge in [0.2, 0.25) is 5.91 Å². The Hall–Kier alpha value is -1.22. The standard InChI is InChI=1S/C9H9ClN2O/c10-7-3-1-2-4-8(7)12-6-5-9(13)11-12/h1-4H,5-6H2,(H,11,13). The molecule has 13 heavy (non-hydrogen) atoms. The molecule has 2 rings (SSSR count). The van der Waals surface area contributed by atoms with Crippen LogP contribution >= 0.6 is 11.6 Å². The van der Waals surface area contributed by atoms with Crippen LogP contribution in [-0.2, 0) is 4.79 Å². The van der Waals surface area contributed by atoms with E-state index < -0.39 is 0 Å². The number of nitrogens with zero attached hydrogens (tertiary/aromatic N) is 1. The number of hydrogen-bond acceptors (Lipinski definition) is 2. The third-order valence-corrected chi connectivity index (χ3v) is 2.28. The van der Waals surface area contributed by atoms with Gasteiger partial charge >= 0.3 is 0 Å². The van der Waals surface area contributed by atoms with Crippen LogP contribution in [0.4, 0.5) is 5.69 Å². The monoisotopic (exact) mass is 196 g/mol. The molecule has 0 atom stereocenters. The van der Waals surface area contributed by atoms with Crippen molar-refractivity contribution in [2.24, 2.45) is 0 Å². The van der Waals surface area contributed by atoms with Crippen LogP contribution in [0.3, 0.4) is 0 Å². The first-order valence-electron chi connectivity index (χ1n) is 4.09. The van der Waals surface area contributed by atoms with Gasteiger partial charge in [0.15, 0.2) is 0 Å². The van der Waals surface area contributed by atoms with Gasteiger partial charge in [-0.2, -0.15) is 0 Å². The van der Waals surface area contributed by atoms with Crippen LogP contribution in [0.5, 0.6) is 0 Å². The summed E-state index contributed by atoms with van der Waals surface area (Å²) in [4.78, 5) is 10.9. The SMILES string of the molecule is O=C1CCN(c2ccccc2Cl)N1. The number of hydrazine groups is 1. The van der Waals surface area contributed by atoms with Gasteiger partial charge in [0.05, 0.1) is 10.7 Å². The molecule has 1 heterocycles. The Morgan fingerprint density at radius 1 is 1.38 bits per heavy atom. The summed E-state index contributed by atoms with van der Waals surface area (Å²) < 4.78 is 0. The number of para-hydroxylation sites is 1. The van der Waals surface area contributed by atoms with Crippen LogP contribution in [0.15, 0.2) is 24.3 Å². The lowest BCUT2D eigenvalue weighted by Gasteiger charge is -2.18. The number of anilines is 1. The maximum absolute atomic E-state index is 10.9. The Morgan fingerprint density at radius 2 is 2.15 bits per heavy atom. The Labute approximate surface area is 81.3 Å². The molecule has 1 amide bonds. The fourth-order valence-corrected chi connectivity index (χ4v) is 1.56. The van der Waals surface area contributed by atoms with Gasteiger partial charge < -0.3 is 0 Å². The fraction of sp³-hybridized carbons (Fsp3) is 0.222. The molecule has 1 saturated heterocycles. The minimum atomic E-state index is 0.0416. The van der Waals surface area contributed by atoms with Gasteiger partial charge in [-0.15, -0.1) is 0 Å². The first-order chi connectivity index (χ1) is 6.27. The zero-order valence-corrected chi connectivity index (χ0v) is 7.71. The first-order valence-corrected chi connectivity index (χ1v) is 4.47. The van der Waals surface area contributed by atoms with E-state index in [1.54, 1.807) is 11.1 Å². The predicted octanol–water partition coefficient (Wildman–Crippen LogP) is 1.58. The van der Waals surface area contributed by atoms with Crippen LogP contribution in [0.25, 0.3) is 0 Å². The molecule has 0 unspecified atom stereocenters. The second kappa shape index (κ2) is 3.26. The van der Waals surface area contributed by atoms with E-state index in [-0.39, 0.29) is 5.91 Å². The van der Waals surface area contributed by atoms with Crippen molar-refractivity contribution in [1.29, 1.82) is 0 Å². The van der Waals surface area contributed by atoms with Gasteiger partial charge in [-0.05, 0) is 12.1 Å². The fourth-order valence-electron chi connectivity index (χ4n) is 1.33. The lowest BCUT2D eigenvalue weighted by Crippen LogP contribution is -2.33. The van der Waals surface area contributed by atoms with E-state index in [1.165, 1.54) is 0 Å². The van der Waals surface area contributed by atoms with Gasteiger partial charge in [-0.3, -0.25) is 15.2 Å². The summed E-state index contributed by atoms with van der Waals surface area (Å²) in [6, 6.07) is 7.45. The summed E-state index contributed by atoms with van der Waals surface area (Å²) in [7, 11) is 0. The van der Waals surface area contributed by atoms with E-state index in [1.807, 2.05) is 18.2 Å². The second-order valence-electron chi connectivity index (χ2n) is 2.89. The summed E-state index contributed by atoms with van der Waals surface area (Å²) >= 11 is 5.96. The van der Waals surface area contributed by atoms with E-state index >= 15 is 0 Å². The number of benzene rings is 1. The van der Waals surface area contributed by atoms with Gasteiger partial charge in [0.1, 0.15) is 0 Å². The quantitative estimate of drug-likeness (QED) is 0.740. The highest BCUT2D eigenvalue weighted by Gasteiger charge is 2.19. The molecule has 0 saturated carbocycles. The molecule has 0 bridgehead atoms. The van der Waals surface area contributed by atoms with E-state index in [9.17, 15) is 4.79 Å². The third-order valence-electron chi connectivity index (χ3n) is 1.97. The van der Waals surface area contributed by atoms with Gasteiger partial charge in [0, 0.05) is 13.0 Å². The molecule has 0 aliphatic carbocycles. The molecule has 0 spiro atoms. The average Bonchev–Trinajstić information content (AvgIpc) is 2.53. The molecule has 1 aromatic carbocycles. The smallest absolute Gasteiger partial charge is 0.240 e. The second-order valence-corrected chi connectivity index (χ2v) is 3.30. The molecule has 3 nitrogen and oxygen atoms in total. The Morgan fingerprint density at radius 3 is 2.77 bits per heavy atom. The van der Waals surface area contributed by atoms with E-state index in [2.05, 4.69) is 5.43 Å². The molecule has 1 N–H and O–H groups in total. The molecule has 1 aliphatic heterocycles. The Kier molecular flexibility index (Phi) is 2.10. The summed E-state index contributed by atoms with van der Waals surface area (Å²) in [5, 5.41) is 2.43. The Bertz CT molecular complexity index is 340. The van der Waals surface area contributed by atoms with E-state index in [0.717, 1.165) is 5.69 Å². The first kappa shape index (κ1) is 8.38. The van der Waals surface area contributed by atoms with Crippen molar-refractivity contribution in [3.8, 4) is 0 Å². The van der Waals surface area contributed by atoms with Crippen LogP contribution in [0.2, 0.25) is 5.02 Å². The highest BCUT2D eigenvalue weighted by molar-refractivity contribution is 6.33. The molecule has 1 fully saturated rings. The zero-order valence-electron chi connectivity index (χ0n) is 6.96. The van der Waals surface area contributed by atoms with Crippen molar-refractivity contribution in [2.75, 3.05) is 11.6 Å². The lowest BCUT2D eigenvalue weighted by atomic mass is 10.3. The Balaban J connectivity index is 2.26. The molecular weight excluding hydrogens is 188 g/mol. The molecule has 1 aliphatic rings. The van der Waals surface area contributed by atoms with E-state index in [4.69, 9.17) is 11.6 Å². The highest BCUT2D eigenvalue weighted by Crippen LogP contribution is 2.25. The molecule has 0 radical (unpaired) electrons. The minimum Gasteiger partial charge on any atom is -0.284 e. The number of hydrogen-bond donors (Lipinski definition) is 1. The number of carbonyl (C=O) groups is 1. The van der Waals surface area contributed by atoms with Crippen LogP contribution in [0, 0.1) is 0 Å². The molecule has 68 valence electrons. The van der Waals surface area contributed by atoms with Crippen LogP contribution < -0.4 is 10.4 Å². The summed E-state index contributed by atoms with van der Waals surface area (Å²) in [6.45, 7) is 0.683. The maximum Gasteiger partial charge on any atom is 0.240 e. The van der Waals surface area contributed by atoms with Crippen molar-refractivity contribution in [3.63, 3.8) is 0 Å². The number of carbonyl (C=O) groups excluding carboxylic acids is 1. The summed E-state index contributed by atoms with van der Waals surface area (Å²) in [5.41, 5.74) is 3.58. The lowest BCUT2D eigenvalue weighted by molar-refractivity contribution is -0.119. The average molecular weight is 197 g/mol. The van der Waals surface area contributed by atoms with Crippen molar-refractivity contribution in [3.05, 3.63) is 29.3 Å². The zero-order chi connectivity index (χ0) is 9.26. The number of rotatable bonds is 1. The third kappa shape index (κ3) is 1.60. The topological polar surface area (TPSA) is 32.3 Å². The molecular formula is C9H9ClN2O. The van der Waals surface area contributed by atoms with E-state index in [0.29, 0.717) is 18.0 Å². The van der Waals surface area contributed by atoms with Gasteiger partial charge in [-0.1, -0.05) is 23.7 Å². The predicted molar refractivity (Wildman–Crippen MR) is 51.6 cm³/mol. The van der Waals surface area contributed by atoms with Crippen LogP contribution in [0.1, 0.15) is 6.42 Å². The maximum atomic E-state index is 10.9. The number of nitrogens with one attached hydrogen (secondary N) is 1. The number of amides is 1. The number of halogens is 1. The van der Waals surface area contributed by atoms with Crippen molar-refractivity contribution >= 4 is 23.2 Å². The molecule has 4 heteroatoms. The summed E-state index contributed by atoms with van der Waals surface area (Å²) in [5.74, 6) is 0.0416.